The van der Waals surface area contributed by atoms with Gasteiger partial charge in [-0.25, -0.2) is 4.79 Å². The number of hydrogen-bond acceptors (Lipinski definition) is 3. The van der Waals surface area contributed by atoms with Crippen LogP contribution in [0.4, 0.5) is 0 Å². The molecule has 0 saturated heterocycles. The summed E-state index contributed by atoms with van der Waals surface area (Å²) in [6.45, 7) is 13.0. The molecule has 0 radical (unpaired) electrons. The van der Waals surface area contributed by atoms with E-state index >= 15 is 0 Å². The number of rotatable bonds is 9. The Morgan fingerprint density at radius 2 is 1.23 bits per heavy atom. The molecule has 0 heterocycles. The van der Waals surface area contributed by atoms with Crippen LogP contribution in [-0.2, 0) is 14.0 Å². The molecule has 0 spiro atoms. The largest absolute Gasteiger partial charge is 0.457 e. The molecule has 0 N–H and O–H groups in total. The van der Waals surface area contributed by atoms with Crippen molar-refractivity contribution in [3.8, 4) is 0 Å². The van der Waals surface area contributed by atoms with Gasteiger partial charge in [0.05, 0.1) is 0 Å². The van der Waals surface area contributed by atoms with Crippen LogP contribution in [0.15, 0.2) is 103 Å². The number of esters is 1. The van der Waals surface area contributed by atoms with Crippen molar-refractivity contribution < 1.29 is 14.0 Å². The molecule has 0 aliphatic heterocycles. The first-order valence-electron chi connectivity index (χ1n) is 12.3. The van der Waals surface area contributed by atoms with E-state index in [4.69, 9.17) is 9.16 Å². The van der Waals surface area contributed by atoms with E-state index in [1.165, 1.54) is 5.19 Å². The first kappa shape index (κ1) is 26.9. The van der Waals surface area contributed by atoms with Crippen molar-refractivity contribution in [2.24, 2.45) is 0 Å². The van der Waals surface area contributed by atoms with E-state index in [-0.39, 0.29) is 23.7 Å². The van der Waals surface area contributed by atoms with E-state index in [1.54, 1.807) is 0 Å². The lowest BCUT2D eigenvalue weighted by Gasteiger charge is -2.42. The summed E-state index contributed by atoms with van der Waals surface area (Å²) in [6.07, 6.45) is 1.70. The fourth-order valence-electron chi connectivity index (χ4n) is 4.55. The van der Waals surface area contributed by atoms with E-state index in [1.807, 2.05) is 55.5 Å². The van der Waals surface area contributed by atoms with Gasteiger partial charge in [0.25, 0.3) is 8.32 Å². The Bertz CT molecular complexity index is 1070. The van der Waals surface area contributed by atoms with Crippen LogP contribution in [0.2, 0.25) is 18.1 Å². The average Bonchev–Trinajstić information content (AvgIpc) is 2.84. The lowest BCUT2D eigenvalue weighted by atomic mass is 10.2. The molecule has 0 fully saturated rings. The monoisotopic (exact) mass is 502 g/mol. The molecule has 184 valence electrons. The molecule has 0 unspecified atom stereocenters. The third kappa shape index (κ3) is 6.48. The summed E-state index contributed by atoms with van der Waals surface area (Å²) in [5, 5.41) is 3.46. The summed E-state index contributed by atoms with van der Waals surface area (Å²) in [5.41, 5.74) is 2.24. The molecular weight excluding hydrogens is 464 g/mol. The predicted octanol–water partition coefficient (Wildman–Crippen LogP) is 5.21. The Hall–Kier alpha value is -2.74. The summed E-state index contributed by atoms with van der Waals surface area (Å²) in [7, 11) is -4.52. The van der Waals surface area contributed by atoms with Crippen LogP contribution in [-0.4, -0.2) is 35.1 Å². The summed E-state index contributed by atoms with van der Waals surface area (Å²) in [6, 6.07) is 31.2. The van der Waals surface area contributed by atoms with Crippen LogP contribution in [0.25, 0.3) is 0 Å². The Morgan fingerprint density at radius 1 is 0.800 bits per heavy atom. The molecule has 1 atom stereocenters. The third-order valence-electron chi connectivity index (χ3n) is 6.44. The average molecular weight is 503 g/mol. The molecular formula is C30H38O3Si2. The van der Waals surface area contributed by atoms with Crippen LogP contribution in [0.5, 0.6) is 0 Å². The molecule has 0 bridgehead atoms. The smallest absolute Gasteiger partial charge is 0.331 e. The summed E-state index contributed by atoms with van der Waals surface area (Å²) >= 11 is 0. The van der Waals surface area contributed by atoms with Gasteiger partial charge >= 0.3 is 5.97 Å². The molecule has 0 saturated carbocycles. The van der Waals surface area contributed by atoms with Crippen molar-refractivity contribution in [2.75, 3.05) is 6.61 Å². The van der Waals surface area contributed by atoms with Gasteiger partial charge in [0.1, 0.15) is 20.8 Å². The number of hydrogen-bond donors (Lipinski definition) is 0. The quantitative estimate of drug-likeness (QED) is 0.298. The second-order valence-electron chi connectivity index (χ2n) is 10.6. The maximum atomic E-state index is 12.9. The molecule has 5 heteroatoms. The van der Waals surface area contributed by atoms with Gasteiger partial charge in [-0.3, -0.25) is 0 Å². The SMILES string of the molecule is C[C@H](/C=C/[Si](C)(C)c1ccccc1)OC(=O)CO[Si](c1ccccc1)(c1ccccc1)C(C)(C)C. The Balaban J connectivity index is 1.77. The lowest BCUT2D eigenvalue weighted by Crippen LogP contribution is -2.67. The molecule has 35 heavy (non-hydrogen) atoms. The number of carbonyl (C=O) groups is 1. The van der Waals surface area contributed by atoms with Crippen LogP contribution in [0.1, 0.15) is 27.7 Å². The summed E-state index contributed by atoms with van der Waals surface area (Å²) in [4.78, 5) is 12.9. The normalized spacial score (nSPS) is 13.5. The zero-order chi connectivity index (χ0) is 25.5. The Labute approximate surface area is 213 Å². The highest BCUT2D eigenvalue weighted by atomic mass is 28.4. The minimum Gasteiger partial charge on any atom is -0.457 e. The van der Waals surface area contributed by atoms with Crippen molar-refractivity contribution in [3.05, 3.63) is 103 Å². The maximum Gasteiger partial charge on any atom is 0.331 e. The number of benzene rings is 3. The lowest BCUT2D eigenvalue weighted by molar-refractivity contribution is -0.148. The standard InChI is InChI=1S/C30H38O3Si2/c1-25(22-23-34(5,6)26-16-10-7-11-17-26)33-29(31)24-32-35(30(2,3)4,27-18-12-8-13-19-27)28-20-14-9-15-21-28/h7-23,25H,24H2,1-6H3/b23-22+/t25-/m1/s1. The summed E-state index contributed by atoms with van der Waals surface area (Å²) < 4.78 is 12.4. The van der Waals surface area contributed by atoms with Crippen molar-refractivity contribution >= 4 is 37.9 Å². The first-order valence-corrected chi connectivity index (χ1v) is 17.2. The van der Waals surface area contributed by atoms with E-state index in [2.05, 4.69) is 88.1 Å². The van der Waals surface area contributed by atoms with Gasteiger partial charge in [-0.2, -0.15) is 0 Å². The minimum absolute atomic E-state index is 0.0784. The van der Waals surface area contributed by atoms with Gasteiger partial charge in [0, 0.05) is 0 Å². The van der Waals surface area contributed by atoms with Gasteiger partial charge in [-0.1, -0.05) is 142 Å². The summed E-state index contributed by atoms with van der Waals surface area (Å²) in [5.74, 6) is -0.339. The molecule has 3 aromatic rings. The van der Waals surface area contributed by atoms with Gasteiger partial charge in [-0.05, 0) is 22.3 Å². The highest BCUT2D eigenvalue weighted by Crippen LogP contribution is 2.36. The highest BCUT2D eigenvalue weighted by Gasteiger charge is 2.50. The molecule has 0 aliphatic rings. The van der Waals surface area contributed by atoms with Crippen LogP contribution >= 0.6 is 0 Å². The minimum atomic E-state index is -2.77. The van der Waals surface area contributed by atoms with Crippen molar-refractivity contribution in [1.29, 1.82) is 0 Å². The zero-order valence-electron chi connectivity index (χ0n) is 21.8. The Kier molecular flexibility index (Phi) is 8.70. The molecule has 3 nitrogen and oxygen atoms in total. The topological polar surface area (TPSA) is 35.5 Å². The van der Waals surface area contributed by atoms with Gasteiger partial charge in [0.15, 0.2) is 0 Å². The number of ether oxygens (including phenoxy) is 1. The van der Waals surface area contributed by atoms with E-state index in [0.717, 1.165) is 10.4 Å². The molecule has 0 amide bonds. The zero-order valence-corrected chi connectivity index (χ0v) is 23.8. The van der Waals surface area contributed by atoms with Crippen LogP contribution in [0.3, 0.4) is 0 Å². The van der Waals surface area contributed by atoms with Crippen molar-refractivity contribution in [2.45, 2.75) is 51.9 Å². The fourth-order valence-corrected chi connectivity index (χ4v) is 11.0. The van der Waals surface area contributed by atoms with Gasteiger partial charge < -0.3 is 9.16 Å². The van der Waals surface area contributed by atoms with E-state index in [0.29, 0.717) is 0 Å². The van der Waals surface area contributed by atoms with Crippen molar-refractivity contribution in [1.82, 2.24) is 0 Å². The second-order valence-corrected chi connectivity index (χ2v) is 19.3. The van der Waals surface area contributed by atoms with Gasteiger partial charge in [-0.15, -0.1) is 0 Å². The van der Waals surface area contributed by atoms with Gasteiger partial charge in [0.2, 0.25) is 0 Å². The van der Waals surface area contributed by atoms with E-state index < -0.39 is 16.4 Å². The Morgan fingerprint density at radius 3 is 1.66 bits per heavy atom. The second kappa shape index (κ2) is 11.3. The molecule has 3 rings (SSSR count). The maximum absolute atomic E-state index is 12.9. The molecule has 0 aliphatic carbocycles. The molecule has 0 aromatic heterocycles. The van der Waals surface area contributed by atoms with E-state index in [9.17, 15) is 4.79 Å². The molecule has 3 aromatic carbocycles. The van der Waals surface area contributed by atoms with Crippen molar-refractivity contribution in [3.63, 3.8) is 0 Å². The first-order chi connectivity index (χ1) is 16.6. The van der Waals surface area contributed by atoms with Crippen LogP contribution in [0, 0.1) is 0 Å². The third-order valence-corrected chi connectivity index (χ3v) is 14.3. The van der Waals surface area contributed by atoms with Crippen LogP contribution < -0.4 is 15.6 Å². The highest BCUT2D eigenvalue weighted by molar-refractivity contribution is 6.99. The fraction of sp³-hybridized carbons (Fsp3) is 0.300. The number of carbonyl (C=O) groups excluding carboxylic acids is 1. The predicted molar refractivity (Wildman–Crippen MR) is 152 cm³/mol.